The first kappa shape index (κ1) is 18.0. The Hall–Kier alpha value is -2.35. The van der Waals surface area contributed by atoms with E-state index in [1.54, 1.807) is 0 Å². The van der Waals surface area contributed by atoms with Crippen LogP contribution in [0.5, 0.6) is 0 Å². The zero-order valence-corrected chi connectivity index (χ0v) is 13.4. The van der Waals surface area contributed by atoms with Crippen LogP contribution in [-0.2, 0) is 22.6 Å². The smallest absolute Gasteiger partial charge is 0.348 e. The summed E-state index contributed by atoms with van der Waals surface area (Å²) in [5.41, 5.74) is -0.319. The van der Waals surface area contributed by atoms with E-state index in [0.717, 1.165) is 18.4 Å². The van der Waals surface area contributed by atoms with Gasteiger partial charge in [0.25, 0.3) is 5.91 Å². The van der Waals surface area contributed by atoms with E-state index in [1.165, 1.54) is 36.4 Å². The fraction of sp³-hybridized carbons (Fsp3) is 0.188. The van der Waals surface area contributed by atoms with Crippen molar-refractivity contribution in [2.75, 3.05) is 6.26 Å². The second-order valence-electron chi connectivity index (χ2n) is 5.15. The lowest BCUT2D eigenvalue weighted by atomic mass is 10.1. The Morgan fingerprint density at radius 3 is 2.17 bits per heavy atom. The van der Waals surface area contributed by atoms with Gasteiger partial charge < -0.3 is 5.32 Å². The third-order valence-electron chi connectivity index (χ3n) is 3.27. The first-order valence-corrected chi connectivity index (χ1v) is 8.71. The lowest BCUT2D eigenvalue weighted by molar-refractivity contribution is -0.137. The summed E-state index contributed by atoms with van der Waals surface area (Å²) >= 11 is 0. The Bertz CT molecular complexity index is 844. The van der Waals surface area contributed by atoms with Crippen molar-refractivity contribution < 1.29 is 26.4 Å². The predicted molar refractivity (Wildman–Crippen MR) is 82.2 cm³/mol. The first-order valence-electron chi connectivity index (χ1n) is 6.82. The molecule has 128 valence electrons. The molecule has 0 radical (unpaired) electrons. The summed E-state index contributed by atoms with van der Waals surface area (Å²) < 4.78 is 60.8. The summed E-state index contributed by atoms with van der Waals surface area (Å²) in [6.45, 7) is -0.0188. The van der Waals surface area contributed by atoms with E-state index in [9.17, 15) is 26.4 Å². The summed E-state index contributed by atoms with van der Waals surface area (Å²) in [5.74, 6) is -0.615. The van der Waals surface area contributed by atoms with Gasteiger partial charge in [0.1, 0.15) is 0 Å². The highest BCUT2D eigenvalue weighted by molar-refractivity contribution is 7.90. The van der Waals surface area contributed by atoms with Crippen LogP contribution in [0.2, 0.25) is 0 Å². The summed E-state index contributed by atoms with van der Waals surface area (Å²) in [6, 6.07) is 10.1. The van der Waals surface area contributed by atoms with Gasteiger partial charge in [0.05, 0.1) is 16.0 Å². The van der Waals surface area contributed by atoms with E-state index in [2.05, 4.69) is 5.32 Å². The topological polar surface area (TPSA) is 63.2 Å². The van der Waals surface area contributed by atoms with Crippen molar-refractivity contribution in [1.82, 2.24) is 5.32 Å². The predicted octanol–water partition coefficient (Wildman–Crippen LogP) is 3.04. The summed E-state index contributed by atoms with van der Waals surface area (Å²) in [7, 11) is -3.57. The standard InChI is InChI=1S/C16H14F3NO3S/c1-24(22,23)14-5-3-2-4-13(14)15(21)20-10-11-6-8-12(9-7-11)16(17,18)19/h2-9H,10H2,1H3,(H,20,21). The summed E-state index contributed by atoms with van der Waals surface area (Å²) in [4.78, 5) is 12.1. The summed E-state index contributed by atoms with van der Waals surface area (Å²) in [5, 5.41) is 2.50. The van der Waals surface area contributed by atoms with Gasteiger partial charge in [-0.1, -0.05) is 24.3 Å². The largest absolute Gasteiger partial charge is 0.416 e. The van der Waals surface area contributed by atoms with Crippen LogP contribution in [0.3, 0.4) is 0 Å². The molecule has 2 aromatic carbocycles. The molecule has 0 saturated carbocycles. The molecule has 24 heavy (non-hydrogen) atoms. The minimum atomic E-state index is -4.42. The molecule has 0 atom stereocenters. The van der Waals surface area contributed by atoms with Gasteiger partial charge in [-0.2, -0.15) is 13.2 Å². The Morgan fingerprint density at radius 2 is 1.62 bits per heavy atom. The molecule has 0 fully saturated rings. The number of alkyl halides is 3. The highest BCUT2D eigenvalue weighted by atomic mass is 32.2. The SMILES string of the molecule is CS(=O)(=O)c1ccccc1C(=O)NCc1ccc(C(F)(F)F)cc1. The van der Waals surface area contributed by atoms with Crippen LogP contribution in [0.4, 0.5) is 13.2 Å². The Kier molecular flexibility index (Phi) is 4.98. The molecular formula is C16H14F3NO3S. The summed E-state index contributed by atoms with van der Waals surface area (Å²) in [6.07, 6.45) is -3.43. The van der Waals surface area contributed by atoms with Gasteiger partial charge in [-0.3, -0.25) is 4.79 Å². The molecule has 0 heterocycles. The average molecular weight is 357 g/mol. The molecule has 0 aliphatic carbocycles. The molecule has 0 aromatic heterocycles. The van der Waals surface area contributed by atoms with Crippen LogP contribution < -0.4 is 5.32 Å². The van der Waals surface area contributed by atoms with Crippen molar-refractivity contribution in [2.45, 2.75) is 17.6 Å². The van der Waals surface area contributed by atoms with Crippen molar-refractivity contribution in [2.24, 2.45) is 0 Å². The number of carbonyl (C=O) groups is 1. The lowest BCUT2D eigenvalue weighted by Crippen LogP contribution is -2.24. The number of nitrogens with one attached hydrogen (secondary N) is 1. The molecule has 1 amide bonds. The minimum Gasteiger partial charge on any atom is -0.348 e. The number of sulfone groups is 1. The van der Waals surface area contributed by atoms with Gasteiger partial charge in [-0.25, -0.2) is 8.42 Å². The minimum absolute atomic E-state index is 0.00749. The number of amides is 1. The number of rotatable bonds is 4. The zero-order valence-electron chi connectivity index (χ0n) is 12.6. The van der Waals surface area contributed by atoms with E-state index >= 15 is 0 Å². The van der Waals surface area contributed by atoms with Crippen molar-refractivity contribution >= 4 is 15.7 Å². The van der Waals surface area contributed by atoms with E-state index in [1.807, 2.05) is 0 Å². The van der Waals surface area contributed by atoms with Crippen molar-refractivity contribution in [3.8, 4) is 0 Å². The fourth-order valence-corrected chi connectivity index (χ4v) is 2.95. The van der Waals surface area contributed by atoms with E-state index < -0.39 is 27.5 Å². The van der Waals surface area contributed by atoms with Crippen LogP contribution in [-0.4, -0.2) is 20.6 Å². The number of benzene rings is 2. The number of hydrogen-bond donors (Lipinski definition) is 1. The van der Waals surface area contributed by atoms with E-state index in [-0.39, 0.29) is 17.0 Å². The van der Waals surface area contributed by atoms with Crippen LogP contribution in [0.15, 0.2) is 53.4 Å². The van der Waals surface area contributed by atoms with Gasteiger partial charge in [-0.15, -0.1) is 0 Å². The molecule has 0 bridgehead atoms. The third kappa shape index (κ3) is 4.35. The van der Waals surface area contributed by atoms with E-state index in [0.29, 0.717) is 5.56 Å². The molecular weight excluding hydrogens is 343 g/mol. The Balaban J connectivity index is 2.12. The van der Waals surface area contributed by atoms with Crippen molar-refractivity contribution in [3.63, 3.8) is 0 Å². The third-order valence-corrected chi connectivity index (χ3v) is 4.42. The Morgan fingerprint density at radius 1 is 1.04 bits per heavy atom. The molecule has 0 spiro atoms. The number of hydrogen-bond acceptors (Lipinski definition) is 3. The highest BCUT2D eigenvalue weighted by Crippen LogP contribution is 2.29. The number of carbonyl (C=O) groups excluding carboxylic acids is 1. The molecule has 0 saturated heterocycles. The van der Waals surface area contributed by atoms with Crippen LogP contribution in [0.25, 0.3) is 0 Å². The van der Waals surface area contributed by atoms with Gasteiger partial charge in [-0.05, 0) is 29.8 Å². The second-order valence-corrected chi connectivity index (χ2v) is 7.13. The van der Waals surface area contributed by atoms with E-state index in [4.69, 9.17) is 0 Å². The maximum absolute atomic E-state index is 12.5. The molecule has 1 N–H and O–H groups in total. The average Bonchev–Trinajstić information content (AvgIpc) is 2.51. The van der Waals surface area contributed by atoms with Crippen LogP contribution in [0.1, 0.15) is 21.5 Å². The molecule has 0 aliphatic rings. The van der Waals surface area contributed by atoms with Gasteiger partial charge in [0.15, 0.2) is 9.84 Å². The molecule has 4 nitrogen and oxygen atoms in total. The quantitative estimate of drug-likeness (QED) is 0.915. The molecule has 0 unspecified atom stereocenters. The zero-order chi connectivity index (χ0) is 18.0. The number of halogens is 3. The molecule has 2 rings (SSSR count). The maximum atomic E-state index is 12.5. The Labute approximate surface area is 137 Å². The van der Waals surface area contributed by atoms with Gasteiger partial charge in [0.2, 0.25) is 0 Å². The van der Waals surface area contributed by atoms with Crippen molar-refractivity contribution in [1.29, 1.82) is 0 Å². The monoisotopic (exact) mass is 357 g/mol. The first-order chi connectivity index (χ1) is 11.1. The van der Waals surface area contributed by atoms with Crippen LogP contribution in [0, 0.1) is 0 Å². The fourth-order valence-electron chi connectivity index (χ4n) is 2.07. The lowest BCUT2D eigenvalue weighted by Gasteiger charge is -2.10. The van der Waals surface area contributed by atoms with Crippen molar-refractivity contribution in [3.05, 3.63) is 65.2 Å². The molecule has 2 aromatic rings. The second kappa shape index (κ2) is 6.64. The molecule has 8 heteroatoms. The highest BCUT2D eigenvalue weighted by Gasteiger charge is 2.29. The van der Waals surface area contributed by atoms with Gasteiger partial charge in [0, 0.05) is 12.8 Å². The molecule has 0 aliphatic heterocycles. The van der Waals surface area contributed by atoms with Gasteiger partial charge >= 0.3 is 6.18 Å². The maximum Gasteiger partial charge on any atom is 0.416 e. The van der Waals surface area contributed by atoms with Crippen LogP contribution >= 0.6 is 0 Å². The normalized spacial score (nSPS) is 12.0.